The van der Waals surface area contributed by atoms with E-state index in [1.165, 1.54) is 64.2 Å². The Labute approximate surface area is 240 Å². The summed E-state index contributed by atoms with van der Waals surface area (Å²) in [6.07, 6.45) is 21.4. The van der Waals surface area contributed by atoms with Gasteiger partial charge in [-0.2, -0.15) is 0 Å². The second-order valence-corrected chi connectivity index (χ2v) is 13.3. The van der Waals surface area contributed by atoms with Crippen molar-refractivity contribution >= 4 is 13.7 Å². The van der Waals surface area contributed by atoms with Crippen molar-refractivity contribution in [1.29, 1.82) is 0 Å². The Morgan fingerprint density at radius 3 is 1.90 bits per heavy atom. The van der Waals surface area contributed by atoms with Crippen molar-refractivity contribution in [3.8, 4) is 0 Å². The number of aliphatic hydroxyl groups excluding tert-OH is 1. The number of carbonyl (C=O) groups excluding carboxylic acids is 1. The van der Waals surface area contributed by atoms with Gasteiger partial charge in [-0.15, -0.1) is 0 Å². The molecule has 0 bridgehead atoms. The summed E-state index contributed by atoms with van der Waals surface area (Å²) in [4.78, 5) is 22.7. The number of aliphatic hydroxyl groups is 1. The lowest BCUT2D eigenvalue weighted by atomic mass is 10.1. The molecule has 0 spiro atoms. The van der Waals surface area contributed by atoms with Crippen LogP contribution in [-0.2, 0) is 18.4 Å². The lowest BCUT2D eigenvalue weighted by molar-refractivity contribution is -0.870. The van der Waals surface area contributed by atoms with E-state index in [1.54, 1.807) is 6.08 Å². The zero-order valence-electron chi connectivity index (χ0n) is 25.9. The molecule has 0 aromatic rings. The monoisotopic (exact) mass is 577 g/mol. The van der Waals surface area contributed by atoms with Crippen molar-refractivity contribution in [2.24, 2.45) is 0 Å². The number of hydrogen-bond acceptors (Lipinski definition) is 5. The van der Waals surface area contributed by atoms with Crippen LogP contribution in [0.2, 0.25) is 0 Å². The molecule has 0 aliphatic carbocycles. The fourth-order valence-electron chi connectivity index (χ4n) is 4.15. The molecule has 0 aromatic heterocycles. The number of amides is 1. The van der Waals surface area contributed by atoms with E-state index < -0.39 is 20.0 Å². The van der Waals surface area contributed by atoms with Gasteiger partial charge in [0.25, 0.3) is 0 Å². The molecule has 3 atom stereocenters. The molecule has 0 saturated carbocycles. The van der Waals surface area contributed by atoms with Gasteiger partial charge in [0, 0.05) is 6.42 Å². The van der Waals surface area contributed by atoms with Crippen molar-refractivity contribution in [2.45, 2.75) is 135 Å². The first-order valence-corrected chi connectivity index (χ1v) is 17.1. The molecular formula is C30H62N2O6P+. The zero-order chi connectivity index (χ0) is 29.4. The minimum atomic E-state index is -4.31. The highest BCUT2D eigenvalue weighted by Crippen LogP contribution is 2.43. The van der Waals surface area contributed by atoms with Gasteiger partial charge in [0.15, 0.2) is 0 Å². The number of carbonyl (C=O) groups is 1. The van der Waals surface area contributed by atoms with Gasteiger partial charge in [0.2, 0.25) is 5.91 Å². The van der Waals surface area contributed by atoms with E-state index in [9.17, 15) is 19.4 Å². The van der Waals surface area contributed by atoms with Crippen molar-refractivity contribution in [3.05, 3.63) is 12.2 Å². The molecule has 0 fully saturated rings. The average Bonchev–Trinajstić information content (AvgIpc) is 2.86. The Balaban J connectivity index is 4.67. The maximum absolute atomic E-state index is 12.6. The molecule has 0 aliphatic rings. The first-order chi connectivity index (χ1) is 18.5. The fraction of sp³-hybridized carbons (Fsp3) is 0.900. The minimum Gasteiger partial charge on any atom is -0.387 e. The molecule has 0 aromatic carbocycles. The summed E-state index contributed by atoms with van der Waals surface area (Å²) >= 11 is 0. The molecule has 8 nitrogen and oxygen atoms in total. The maximum Gasteiger partial charge on any atom is 0.472 e. The number of rotatable bonds is 27. The summed E-state index contributed by atoms with van der Waals surface area (Å²) in [6.45, 7) is 4.71. The highest BCUT2D eigenvalue weighted by atomic mass is 31.2. The Morgan fingerprint density at radius 2 is 1.36 bits per heavy atom. The summed E-state index contributed by atoms with van der Waals surface area (Å²) in [5.41, 5.74) is 0. The molecule has 0 radical (unpaired) electrons. The Morgan fingerprint density at radius 1 is 0.846 bits per heavy atom. The van der Waals surface area contributed by atoms with E-state index in [-0.39, 0.29) is 19.1 Å². The van der Waals surface area contributed by atoms with Gasteiger partial charge in [-0.05, 0) is 19.3 Å². The maximum atomic E-state index is 12.6. The number of unbranched alkanes of at least 4 members (excludes halogenated alkanes) is 14. The number of allylic oxidation sites excluding steroid dienone is 1. The van der Waals surface area contributed by atoms with Crippen molar-refractivity contribution < 1.29 is 32.9 Å². The van der Waals surface area contributed by atoms with Crippen molar-refractivity contribution in [1.82, 2.24) is 5.32 Å². The third-order valence-corrected chi connectivity index (χ3v) is 7.74. The van der Waals surface area contributed by atoms with E-state index in [0.717, 1.165) is 38.5 Å². The lowest BCUT2D eigenvalue weighted by Crippen LogP contribution is -2.45. The Bertz CT molecular complexity index is 668. The smallest absolute Gasteiger partial charge is 0.387 e. The highest BCUT2D eigenvalue weighted by Gasteiger charge is 2.27. The molecule has 1 amide bonds. The molecule has 0 rings (SSSR count). The summed E-state index contributed by atoms with van der Waals surface area (Å²) in [5, 5.41) is 13.6. The third kappa shape index (κ3) is 25.9. The standard InChI is InChI=1S/C30H61N2O6P/c1-6-8-10-12-14-16-18-20-22-24-30(34)31-28(27-38-39(35,36)37-26-25-32(3,4)5)29(33)23-21-19-17-15-13-11-9-7-2/h21,23,28-29,33H,6-20,22,24-27H2,1-5H3,(H-,31,34,35,36)/p+1/b23-21+. The number of phosphoric acid groups is 1. The predicted molar refractivity (Wildman–Crippen MR) is 162 cm³/mol. The van der Waals surface area contributed by atoms with Crippen LogP contribution in [0.5, 0.6) is 0 Å². The number of hydrogen-bond donors (Lipinski definition) is 3. The molecular weight excluding hydrogens is 515 g/mol. The number of likely N-dealkylation sites (N-methyl/N-ethyl adjacent to an activating group) is 1. The van der Waals surface area contributed by atoms with E-state index in [4.69, 9.17) is 9.05 Å². The van der Waals surface area contributed by atoms with Crippen LogP contribution in [-0.4, -0.2) is 73.4 Å². The van der Waals surface area contributed by atoms with Crippen molar-refractivity contribution in [3.63, 3.8) is 0 Å². The predicted octanol–water partition coefficient (Wildman–Crippen LogP) is 6.90. The van der Waals surface area contributed by atoms with E-state index in [0.29, 0.717) is 17.4 Å². The van der Waals surface area contributed by atoms with E-state index in [1.807, 2.05) is 27.2 Å². The van der Waals surface area contributed by atoms with Crippen LogP contribution in [0.1, 0.15) is 123 Å². The second-order valence-electron chi connectivity index (χ2n) is 11.8. The van der Waals surface area contributed by atoms with Gasteiger partial charge >= 0.3 is 7.82 Å². The number of quaternary nitrogens is 1. The first-order valence-electron chi connectivity index (χ1n) is 15.6. The third-order valence-electron chi connectivity index (χ3n) is 6.76. The van der Waals surface area contributed by atoms with Gasteiger partial charge in [-0.25, -0.2) is 4.57 Å². The second kappa shape index (κ2) is 23.9. The molecule has 3 N–H and O–H groups in total. The van der Waals surface area contributed by atoms with Crippen LogP contribution in [0, 0.1) is 0 Å². The summed E-state index contributed by atoms with van der Waals surface area (Å²) in [7, 11) is 1.57. The first kappa shape index (κ1) is 38.2. The molecule has 0 aliphatic heterocycles. The van der Waals surface area contributed by atoms with Crippen LogP contribution < -0.4 is 5.32 Å². The summed E-state index contributed by atoms with van der Waals surface area (Å²) < 4.78 is 23.2. The Hall–Kier alpha value is -0.760. The Kier molecular flexibility index (Phi) is 23.4. The molecule has 232 valence electrons. The van der Waals surface area contributed by atoms with Gasteiger partial charge in [-0.1, -0.05) is 109 Å². The minimum absolute atomic E-state index is 0.0631. The SMILES string of the molecule is CCCCCCCC/C=C/C(O)C(COP(=O)(O)OCC[N+](C)(C)C)NC(=O)CCCCCCCCCCC. The normalized spacial score (nSPS) is 15.4. The molecule has 39 heavy (non-hydrogen) atoms. The quantitative estimate of drug-likeness (QED) is 0.0425. The van der Waals surface area contributed by atoms with Crippen LogP contribution >= 0.6 is 7.82 Å². The number of phosphoric ester groups is 1. The van der Waals surface area contributed by atoms with Crippen molar-refractivity contribution in [2.75, 3.05) is 40.9 Å². The molecule has 9 heteroatoms. The van der Waals surface area contributed by atoms with E-state index >= 15 is 0 Å². The molecule has 3 unspecified atom stereocenters. The summed E-state index contributed by atoms with van der Waals surface area (Å²) in [6, 6.07) is -0.834. The fourth-order valence-corrected chi connectivity index (χ4v) is 4.89. The van der Waals surface area contributed by atoms with E-state index in [2.05, 4.69) is 19.2 Å². The molecule has 0 saturated heterocycles. The van der Waals surface area contributed by atoms with Crippen LogP contribution in [0.15, 0.2) is 12.2 Å². The average molecular weight is 578 g/mol. The van der Waals surface area contributed by atoms with Crippen LogP contribution in [0.4, 0.5) is 0 Å². The highest BCUT2D eigenvalue weighted by molar-refractivity contribution is 7.47. The molecule has 0 heterocycles. The zero-order valence-corrected chi connectivity index (χ0v) is 26.8. The number of nitrogens with zero attached hydrogens (tertiary/aromatic N) is 1. The topological polar surface area (TPSA) is 105 Å². The van der Waals surface area contributed by atoms with Gasteiger partial charge in [-0.3, -0.25) is 13.8 Å². The van der Waals surface area contributed by atoms with Crippen LogP contribution in [0.25, 0.3) is 0 Å². The van der Waals surface area contributed by atoms with Gasteiger partial charge in [0.1, 0.15) is 13.2 Å². The lowest BCUT2D eigenvalue weighted by Gasteiger charge is -2.25. The van der Waals surface area contributed by atoms with Crippen LogP contribution in [0.3, 0.4) is 0 Å². The largest absolute Gasteiger partial charge is 0.472 e. The number of nitrogens with one attached hydrogen (secondary N) is 1. The van der Waals surface area contributed by atoms with Gasteiger partial charge < -0.3 is 19.8 Å². The summed E-state index contributed by atoms with van der Waals surface area (Å²) in [5.74, 6) is -0.186. The van der Waals surface area contributed by atoms with Gasteiger partial charge in [0.05, 0.1) is 39.9 Å².